The van der Waals surface area contributed by atoms with Gasteiger partial charge in [0.2, 0.25) is 5.91 Å². The molecule has 0 saturated heterocycles. The van der Waals surface area contributed by atoms with Crippen molar-refractivity contribution >= 4 is 12.0 Å². The van der Waals surface area contributed by atoms with Crippen molar-refractivity contribution in [2.75, 3.05) is 14.2 Å². The predicted molar refractivity (Wildman–Crippen MR) is 91.5 cm³/mol. The number of methoxy groups -OCH3 is 2. The summed E-state index contributed by atoms with van der Waals surface area (Å²) in [6, 6.07) is 7.89. The quantitative estimate of drug-likeness (QED) is 0.807. The molecule has 0 spiro atoms. The fraction of sp³-hybridized carbons (Fsp3) is 0.211. The van der Waals surface area contributed by atoms with Crippen molar-refractivity contribution in [1.82, 2.24) is 5.32 Å². The molecule has 2 rings (SSSR count). The molecule has 4 nitrogen and oxygen atoms in total. The molecule has 0 aliphatic carbocycles. The lowest BCUT2D eigenvalue weighted by Gasteiger charge is -2.13. The zero-order valence-corrected chi connectivity index (χ0v) is 14.2. The molecule has 1 amide bonds. The van der Waals surface area contributed by atoms with Crippen LogP contribution in [0.1, 0.15) is 24.1 Å². The van der Waals surface area contributed by atoms with Gasteiger partial charge >= 0.3 is 0 Å². The van der Waals surface area contributed by atoms with Crippen molar-refractivity contribution in [2.24, 2.45) is 0 Å². The SMILES string of the molecule is COc1ccc(/C=C/C(=O)N[C@H](C)c2ccc(F)cc2F)cc1OC. The minimum absolute atomic E-state index is 0.217. The second kappa shape index (κ2) is 8.28. The van der Waals surface area contributed by atoms with Crippen LogP contribution in [0, 0.1) is 11.6 Å². The van der Waals surface area contributed by atoms with Crippen LogP contribution < -0.4 is 14.8 Å². The lowest BCUT2D eigenvalue weighted by Crippen LogP contribution is -2.25. The zero-order chi connectivity index (χ0) is 18.4. The molecule has 0 aliphatic heterocycles. The number of ether oxygens (including phenoxy) is 2. The average Bonchev–Trinajstić information content (AvgIpc) is 2.59. The first kappa shape index (κ1) is 18.4. The summed E-state index contributed by atoms with van der Waals surface area (Å²) in [4.78, 5) is 12.0. The first-order valence-electron chi connectivity index (χ1n) is 7.60. The second-order valence-corrected chi connectivity index (χ2v) is 5.34. The molecule has 0 saturated carbocycles. The van der Waals surface area contributed by atoms with Gasteiger partial charge in [-0.3, -0.25) is 4.79 Å². The lowest BCUT2D eigenvalue weighted by atomic mass is 10.1. The summed E-state index contributed by atoms with van der Waals surface area (Å²) in [7, 11) is 3.06. The van der Waals surface area contributed by atoms with Crippen LogP contribution >= 0.6 is 0 Å². The number of halogens is 2. The Kier molecular flexibility index (Phi) is 6.11. The molecule has 2 aromatic rings. The maximum absolute atomic E-state index is 13.7. The third-order valence-electron chi connectivity index (χ3n) is 3.62. The van der Waals surface area contributed by atoms with E-state index in [1.54, 1.807) is 31.2 Å². The summed E-state index contributed by atoms with van der Waals surface area (Å²) in [6.07, 6.45) is 2.93. The molecule has 0 radical (unpaired) electrons. The van der Waals surface area contributed by atoms with Crippen LogP contribution in [-0.2, 0) is 4.79 Å². The van der Waals surface area contributed by atoms with Crippen LogP contribution in [0.15, 0.2) is 42.5 Å². The van der Waals surface area contributed by atoms with Gasteiger partial charge in [0.1, 0.15) is 11.6 Å². The minimum Gasteiger partial charge on any atom is -0.493 e. The predicted octanol–water partition coefficient (Wildman–Crippen LogP) is 3.87. The highest BCUT2D eigenvalue weighted by atomic mass is 19.1. The number of hydrogen-bond donors (Lipinski definition) is 1. The second-order valence-electron chi connectivity index (χ2n) is 5.34. The van der Waals surface area contributed by atoms with E-state index in [9.17, 15) is 13.6 Å². The molecule has 6 heteroatoms. The van der Waals surface area contributed by atoms with E-state index >= 15 is 0 Å². The topological polar surface area (TPSA) is 47.6 Å². The van der Waals surface area contributed by atoms with Gasteiger partial charge in [-0.05, 0) is 36.8 Å². The Morgan fingerprint density at radius 2 is 1.80 bits per heavy atom. The minimum atomic E-state index is -0.698. The van der Waals surface area contributed by atoms with E-state index < -0.39 is 23.6 Å². The molecule has 132 valence electrons. The van der Waals surface area contributed by atoms with Crippen LogP contribution in [0.5, 0.6) is 11.5 Å². The number of carbonyl (C=O) groups is 1. The Balaban J connectivity index is 2.05. The molecule has 25 heavy (non-hydrogen) atoms. The van der Waals surface area contributed by atoms with Crippen molar-refractivity contribution in [1.29, 1.82) is 0 Å². The Morgan fingerprint density at radius 3 is 2.44 bits per heavy atom. The van der Waals surface area contributed by atoms with Gasteiger partial charge in [-0.2, -0.15) is 0 Å². The highest BCUT2D eigenvalue weighted by Gasteiger charge is 2.13. The Bertz CT molecular complexity index is 790. The van der Waals surface area contributed by atoms with Gasteiger partial charge < -0.3 is 14.8 Å². The summed E-state index contributed by atoms with van der Waals surface area (Å²) in [5.41, 5.74) is 0.961. The fourth-order valence-electron chi connectivity index (χ4n) is 2.32. The van der Waals surface area contributed by atoms with Gasteiger partial charge in [0, 0.05) is 17.7 Å². The Hall–Kier alpha value is -2.89. The molecule has 0 heterocycles. The highest BCUT2D eigenvalue weighted by Crippen LogP contribution is 2.28. The van der Waals surface area contributed by atoms with Gasteiger partial charge in [-0.1, -0.05) is 12.1 Å². The summed E-state index contributed by atoms with van der Waals surface area (Å²) in [5, 5.41) is 2.63. The number of nitrogens with one attached hydrogen (secondary N) is 1. The van der Waals surface area contributed by atoms with E-state index in [-0.39, 0.29) is 5.56 Å². The summed E-state index contributed by atoms with van der Waals surface area (Å²) < 4.78 is 37.0. The molecule has 0 unspecified atom stereocenters. The van der Waals surface area contributed by atoms with Gasteiger partial charge in [0.25, 0.3) is 0 Å². The van der Waals surface area contributed by atoms with Crippen LogP contribution in [-0.4, -0.2) is 20.1 Å². The molecule has 1 atom stereocenters. The van der Waals surface area contributed by atoms with E-state index in [1.165, 1.54) is 26.4 Å². The van der Waals surface area contributed by atoms with Gasteiger partial charge in [0.05, 0.1) is 20.3 Å². The Morgan fingerprint density at radius 1 is 1.08 bits per heavy atom. The smallest absolute Gasteiger partial charge is 0.244 e. The third kappa shape index (κ3) is 4.79. The number of benzene rings is 2. The van der Waals surface area contributed by atoms with Gasteiger partial charge in [-0.15, -0.1) is 0 Å². The first-order chi connectivity index (χ1) is 11.9. The standard InChI is InChI=1S/C19H19F2NO3/c1-12(15-7-6-14(20)11-16(15)21)22-19(23)9-5-13-4-8-17(24-2)18(10-13)25-3/h4-12H,1-3H3,(H,22,23)/b9-5+/t12-/m1/s1. The van der Waals surface area contributed by atoms with Crippen molar-refractivity contribution in [2.45, 2.75) is 13.0 Å². The highest BCUT2D eigenvalue weighted by molar-refractivity contribution is 5.92. The molecule has 0 fully saturated rings. The Labute approximate surface area is 145 Å². The van der Waals surface area contributed by atoms with Gasteiger partial charge in [0.15, 0.2) is 11.5 Å². The molecular weight excluding hydrogens is 328 g/mol. The first-order valence-corrected chi connectivity index (χ1v) is 7.60. The summed E-state index contributed by atoms with van der Waals surface area (Å²) in [5.74, 6) is -0.618. The number of amides is 1. The maximum atomic E-state index is 13.7. The van der Waals surface area contributed by atoms with Crippen LogP contribution in [0.4, 0.5) is 8.78 Å². The number of carbonyl (C=O) groups excluding carboxylic acids is 1. The van der Waals surface area contributed by atoms with E-state index in [2.05, 4.69) is 5.32 Å². The van der Waals surface area contributed by atoms with Crippen molar-refractivity contribution < 1.29 is 23.0 Å². The normalized spacial score (nSPS) is 12.0. The van der Waals surface area contributed by atoms with Crippen molar-refractivity contribution in [3.63, 3.8) is 0 Å². The molecule has 0 bridgehead atoms. The van der Waals surface area contributed by atoms with E-state index in [1.807, 2.05) is 0 Å². The van der Waals surface area contributed by atoms with Gasteiger partial charge in [-0.25, -0.2) is 8.78 Å². The molecule has 2 aromatic carbocycles. The molecule has 0 aliphatic rings. The number of rotatable bonds is 6. The van der Waals surface area contributed by atoms with E-state index in [4.69, 9.17) is 9.47 Å². The monoisotopic (exact) mass is 347 g/mol. The molecule has 1 N–H and O–H groups in total. The van der Waals surface area contributed by atoms with E-state index in [0.29, 0.717) is 11.5 Å². The van der Waals surface area contributed by atoms with Crippen LogP contribution in [0.25, 0.3) is 6.08 Å². The lowest BCUT2D eigenvalue weighted by molar-refractivity contribution is -0.117. The number of hydrogen-bond acceptors (Lipinski definition) is 3. The summed E-state index contributed by atoms with van der Waals surface area (Å²) >= 11 is 0. The average molecular weight is 347 g/mol. The molecule has 0 aromatic heterocycles. The van der Waals surface area contributed by atoms with Crippen molar-refractivity contribution in [3.05, 3.63) is 65.2 Å². The van der Waals surface area contributed by atoms with E-state index in [0.717, 1.165) is 17.7 Å². The zero-order valence-electron chi connectivity index (χ0n) is 14.2. The van der Waals surface area contributed by atoms with Crippen molar-refractivity contribution in [3.8, 4) is 11.5 Å². The van der Waals surface area contributed by atoms with Crippen LogP contribution in [0.2, 0.25) is 0 Å². The largest absolute Gasteiger partial charge is 0.493 e. The fourth-order valence-corrected chi connectivity index (χ4v) is 2.32. The third-order valence-corrected chi connectivity index (χ3v) is 3.62. The maximum Gasteiger partial charge on any atom is 0.244 e. The van der Waals surface area contributed by atoms with Crippen LogP contribution in [0.3, 0.4) is 0 Å². The summed E-state index contributed by atoms with van der Waals surface area (Å²) in [6.45, 7) is 1.62. The molecular formula is C19H19F2NO3.